The first-order valence-electron chi connectivity index (χ1n) is 6.10. The molecule has 3 aromatic heterocycles. The van der Waals surface area contributed by atoms with Gasteiger partial charge in [0.05, 0.1) is 12.2 Å². The van der Waals surface area contributed by atoms with Gasteiger partial charge in [-0.15, -0.1) is 0 Å². The SMILES string of the molecule is Cc1ccc(Cn2c(=S)[nH]c3c(C)nn(C)c32)cn1. The lowest BCUT2D eigenvalue weighted by molar-refractivity contribution is 0.713. The number of hydrogen-bond donors (Lipinski definition) is 1. The van der Waals surface area contributed by atoms with Crippen molar-refractivity contribution < 1.29 is 0 Å². The summed E-state index contributed by atoms with van der Waals surface area (Å²) in [6.07, 6.45) is 1.89. The number of H-pyrrole nitrogens is 1. The number of rotatable bonds is 2. The highest BCUT2D eigenvalue weighted by Gasteiger charge is 2.12. The molecule has 0 bridgehead atoms. The number of fused-ring (bicyclic) bond motifs is 1. The van der Waals surface area contributed by atoms with Crippen LogP contribution in [0.3, 0.4) is 0 Å². The van der Waals surface area contributed by atoms with Gasteiger partial charge in [-0.05, 0) is 37.7 Å². The number of aryl methyl sites for hydroxylation is 3. The van der Waals surface area contributed by atoms with E-state index >= 15 is 0 Å². The molecule has 0 saturated carbocycles. The Morgan fingerprint density at radius 1 is 1.32 bits per heavy atom. The number of nitrogens with zero attached hydrogens (tertiary/aromatic N) is 4. The van der Waals surface area contributed by atoms with Crippen LogP contribution in [0.25, 0.3) is 11.2 Å². The molecule has 1 N–H and O–H groups in total. The monoisotopic (exact) mass is 273 g/mol. The van der Waals surface area contributed by atoms with Crippen molar-refractivity contribution in [3.63, 3.8) is 0 Å². The van der Waals surface area contributed by atoms with Gasteiger partial charge in [-0.1, -0.05) is 6.07 Å². The molecule has 0 aliphatic heterocycles. The number of pyridine rings is 1. The Balaban J connectivity index is 2.12. The van der Waals surface area contributed by atoms with Crippen molar-refractivity contribution in [3.05, 3.63) is 40.1 Å². The molecule has 0 atom stereocenters. The predicted molar refractivity (Wildman–Crippen MR) is 76.7 cm³/mol. The minimum absolute atomic E-state index is 0.699. The summed E-state index contributed by atoms with van der Waals surface area (Å²) in [4.78, 5) is 7.54. The van der Waals surface area contributed by atoms with Gasteiger partial charge >= 0.3 is 0 Å². The molecular formula is C13H15N5S. The smallest absolute Gasteiger partial charge is 0.179 e. The van der Waals surface area contributed by atoms with Crippen molar-refractivity contribution in [2.45, 2.75) is 20.4 Å². The van der Waals surface area contributed by atoms with Gasteiger partial charge in [0.15, 0.2) is 10.4 Å². The average Bonchev–Trinajstić information content (AvgIpc) is 2.82. The van der Waals surface area contributed by atoms with E-state index in [1.54, 1.807) is 0 Å². The third-order valence-corrected chi connectivity index (χ3v) is 3.56. The highest BCUT2D eigenvalue weighted by Crippen LogP contribution is 2.18. The van der Waals surface area contributed by atoms with E-state index in [1.807, 2.05) is 37.8 Å². The molecule has 3 heterocycles. The molecule has 0 radical (unpaired) electrons. The van der Waals surface area contributed by atoms with Crippen molar-refractivity contribution in [2.75, 3.05) is 0 Å². The van der Waals surface area contributed by atoms with Gasteiger partial charge in [-0.3, -0.25) is 14.2 Å². The molecule has 0 aliphatic rings. The van der Waals surface area contributed by atoms with Crippen LogP contribution in [0.15, 0.2) is 18.3 Å². The van der Waals surface area contributed by atoms with Crippen LogP contribution in [0.4, 0.5) is 0 Å². The summed E-state index contributed by atoms with van der Waals surface area (Å²) < 4.78 is 4.63. The van der Waals surface area contributed by atoms with Crippen LogP contribution < -0.4 is 0 Å². The summed E-state index contributed by atoms with van der Waals surface area (Å²) in [5, 5.41) is 4.41. The topological polar surface area (TPSA) is 51.4 Å². The van der Waals surface area contributed by atoms with E-state index in [9.17, 15) is 0 Å². The molecule has 0 fully saturated rings. The van der Waals surface area contributed by atoms with E-state index in [2.05, 4.69) is 25.7 Å². The van der Waals surface area contributed by atoms with Crippen LogP contribution in [-0.2, 0) is 13.6 Å². The van der Waals surface area contributed by atoms with Gasteiger partial charge < -0.3 is 4.98 Å². The van der Waals surface area contributed by atoms with Crippen molar-refractivity contribution in [3.8, 4) is 0 Å². The summed E-state index contributed by atoms with van der Waals surface area (Å²) in [6.45, 7) is 4.66. The predicted octanol–water partition coefficient (Wildman–Crippen LogP) is 2.49. The van der Waals surface area contributed by atoms with E-state index in [-0.39, 0.29) is 0 Å². The third-order valence-electron chi connectivity index (χ3n) is 3.24. The maximum Gasteiger partial charge on any atom is 0.179 e. The fourth-order valence-electron chi connectivity index (χ4n) is 2.29. The zero-order chi connectivity index (χ0) is 13.6. The lowest BCUT2D eigenvalue weighted by atomic mass is 10.2. The van der Waals surface area contributed by atoms with Crippen LogP contribution in [0, 0.1) is 18.6 Å². The third kappa shape index (κ3) is 1.98. The Kier molecular flexibility index (Phi) is 2.74. The molecule has 0 unspecified atom stereocenters. The molecule has 3 aromatic rings. The molecule has 0 aromatic carbocycles. The van der Waals surface area contributed by atoms with Gasteiger partial charge in [0, 0.05) is 18.9 Å². The van der Waals surface area contributed by atoms with Crippen molar-refractivity contribution in [1.29, 1.82) is 0 Å². The lowest BCUT2D eigenvalue weighted by Crippen LogP contribution is -2.04. The van der Waals surface area contributed by atoms with E-state index in [0.29, 0.717) is 11.3 Å². The second kappa shape index (κ2) is 4.31. The highest BCUT2D eigenvalue weighted by atomic mass is 32.1. The first kappa shape index (κ1) is 12.1. The van der Waals surface area contributed by atoms with Gasteiger partial charge in [0.2, 0.25) is 0 Å². The van der Waals surface area contributed by atoms with Crippen LogP contribution in [-0.4, -0.2) is 24.3 Å². The van der Waals surface area contributed by atoms with Crippen LogP contribution in [0.2, 0.25) is 0 Å². The Hall–Kier alpha value is -1.95. The largest absolute Gasteiger partial charge is 0.328 e. The molecule has 0 aliphatic carbocycles. The van der Waals surface area contributed by atoms with E-state index in [0.717, 1.165) is 28.1 Å². The van der Waals surface area contributed by atoms with Crippen LogP contribution in [0.5, 0.6) is 0 Å². The van der Waals surface area contributed by atoms with Crippen LogP contribution >= 0.6 is 12.2 Å². The normalized spacial score (nSPS) is 11.3. The Labute approximate surface area is 115 Å². The molecule has 0 spiro atoms. The molecule has 5 nitrogen and oxygen atoms in total. The van der Waals surface area contributed by atoms with E-state index < -0.39 is 0 Å². The van der Waals surface area contributed by atoms with Gasteiger partial charge in [-0.25, -0.2) is 0 Å². The van der Waals surface area contributed by atoms with Gasteiger partial charge in [0.25, 0.3) is 0 Å². The standard InChI is InChI=1S/C13H15N5S/c1-8-4-5-10(6-14-8)7-18-12-11(15-13(18)19)9(2)16-17(12)3/h4-6H,7H2,1-3H3,(H,15,19). The number of nitrogens with one attached hydrogen (secondary N) is 1. The van der Waals surface area contributed by atoms with E-state index in [4.69, 9.17) is 12.2 Å². The van der Waals surface area contributed by atoms with Crippen molar-refractivity contribution in [2.24, 2.45) is 7.05 Å². The first-order chi connectivity index (χ1) is 9.06. The Morgan fingerprint density at radius 2 is 2.11 bits per heavy atom. The number of aromatic nitrogens is 5. The van der Waals surface area contributed by atoms with Crippen molar-refractivity contribution in [1.82, 2.24) is 24.3 Å². The van der Waals surface area contributed by atoms with E-state index in [1.165, 1.54) is 0 Å². The molecule has 19 heavy (non-hydrogen) atoms. The summed E-state index contributed by atoms with van der Waals surface area (Å²) in [6, 6.07) is 4.09. The van der Waals surface area contributed by atoms with Gasteiger partial charge in [0.1, 0.15) is 5.52 Å². The lowest BCUT2D eigenvalue weighted by Gasteiger charge is -2.05. The minimum atomic E-state index is 0.699. The zero-order valence-electron chi connectivity index (χ0n) is 11.1. The Morgan fingerprint density at radius 3 is 2.79 bits per heavy atom. The summed E-state index contributed by atoms with van der Waals surface area (Å²) in [5.74, 6) is 0. The molecular weight excluding hydrogens is 258 g/mol. The maximum absolute atomic E-state index is 5.40. The fourth-order valence-corrected chi connectivity index (χ4v) is 2.55. The Bertz CT molecular complexity index is 791. The number of hydrogen-bond acceptors (Lipinski definition) is 3. The molecule has 0 amide bonds. The quantitative estimate of drug-likeness (QED) is 0.730. The van der Waals surface area contributed by atoms with Crippen LogP contribution in [0.1, 0.15) is 17.0 Å². The molecule has 0 saturated heterocycles. The van der Waals surface area contributed by atoms with Crippen molar-refractivity contribution >= 4 is 23.4 Å². The molecule has 6 heteroatoms. The summed E-state index contributed by atoms with van der Waals surface area (Å²) in [5.41, 5.74) is 5.13. The van der Waals surface area contributed by atoms with Gasteiger partial charge in [-0.2, -0.15) is 5.10 Å². The minimum Gasteiger partial charge on any atom is -0.328 e. The summed E-state index contributed by atoms with van der Waals surface area (Å²) in [7, 11) is 1.93. The number of aromatic amines is 1. The second-order valence-corrected chi connectivity index (χ2v) is 5.12. The average molecular weight is 273 g/mol. The fraction of sp³-hybridized carbons (Fsp3) is 0.308. The zero-order valence-corrected chi connectivity index (χ0v) is 12.0. The molecule has 3 rings (SSSR count). The summed E-state index contributed by atoms with van der Waals surface area (Å²) >= 11 is 5.40. The molecule has 98 valence electrons. The second-order valence-electron chi connectivity index (χ2n) is 4.73. The maximum atomic E-state index is 5.40. The number of imidazole rings is 1. The highest BCUT2D eigenvalue weighted by molar-refractivity contribution is 7.71. The first-order valence-corrected chi connectivity index (χ1v) is 6.50.